The Morgan fingerprint density at radius 1 is 1.38 bits per heavy atom. The van der Waals surface area contributed by atoms with Crippen LogP contribution in [0.2, 0.25) is 0 Å². The first-order valence-corrected chi connectivity index (χ1v) is 3.53. The molecule has 0 radical (unpaired) electrons. The lowest BCUT2D eigenvalue weighted by molar-refractivity contribution is -0.116. The molecule has 0 aliphatic heterocycles. The first-order valence-electron chi connectivity index (χ1n) is 3.53. The molecule has 0 heterocycles. The van der Waals surface area contributed by atoms with Crippen LogP contribution in [0, 0.1) is 11.6 Å². The van der Waals surface area contributed by atoms with E-state index in [-0.39, 0.29) is 5.69 Å². The average Bonchev–Trinajstić information content (AvgIpc) is 2.08. The number of nitrogens with two attached hydrogens (primary N) is 1. The second-order valence-electron chi connectivity index (χ2n) is 2.49. The van der Waals surface area contributed by atoms with Crippen LogP contribution in [0.15, 0.2) is 18.2 Å². The van der Waals surface area contributed by atoms with Gasteiger partial charge in [-0.3, -0.25) is 4.79 Å². The van der Waals surface area contributed by atoms with Gasteiger partial charge in [-0.15, -0.1) is 0 Å². The number of carbonyl (C=O) groups is 1. The Kier molecular flexibility index (Phi) is 2.57. The van der Waals surface area contributed by atoms with E-state index in [2.05, 4.69) is 0 Å². The second-order valence-corrected chi connectivity index (χ2v) is 2.49. The molecule has 0 atom stereocenters. The fourth-order valence-corrected chi connectivity index (χ4v) is 0.817. The van der Waals surface area contributed by atoms with Crippen molar-refractivity contribution in [2.24, 2.45) is 5.84 Å². The SMILES string of the molecule is CC(=O)N(N)c1ccc(F)c(F)c1. The van der Waals surface area contributed by atoms with Crippen molar-refractivity contribution in [3.63, 3.8) is 0 Å². The van der Waals surface area contributed by atoms with Crippen LogP contribution in [-0.2, 0) is 4.79 Å². The first-order chi connectivity index (χ1) is 6.02. The number of halogens is 2. The predicted molar refractivity (Wildman–Crippen MR) is 43.7 cm³/mol. The molecule has 5 heteroatoms. The summed E-state index contributed by atoms with van der Waals surface area (Å²) in [5.74, 6) is 2.79. The summed E-state index contributed by atoms with van der Waals surface area (Å²) in [6.45, 7) is 1.22. The summed E-state index contributed by atoms with van der Waals surface area (Å²) in [6, 6.07) is 2.99. The van der Waals surface area contributed by atoms with Crippen molar-refractivity contribution in [1.82, 2.24) is 0 Å². The second kappa shape index (κ2) is 3.49. The normalized spacial score (nSPS) is 9.85. The number of nitrogens with zero attached hydrogens (tertiary/aromatic N) is 1. The molecule has 0 aromatic heterocycles. The molecule has 0 spiro atoms. The molecular formula is C8H8F2N2O. The zero-order valence-electron chi connectivity index (χ0n) is 6.92. The molecule has 0 fully saturated rings. The molecule has 2 N–H and O–H groups in total. The van der Waals surface area contributed by atoms with Crippen molar-refractivity contribution >= 4 is 11.6 Å². The molecule has 1 aromatic rings. The zero-order valence-corrected chi connectivity index (χ0v) is 6.92. The molecule has 1 aromatic carbocycles. The van der Waals surface area contributed by atoms with Gasteiger partial charge in [0.25, 0.3) is 0 Å². The highest BCUT2D eigenvalue weighted by molar-refractivity contribution is 5.90. The summed E-state index contributed by atoms with van der Waals surface area (Å²) >= 11 is 0. The third kappa shape index (κ3) is 2.00. The monoisotopic (exact) mass is 186 g/mol. The molecule has 1 amide bonds. The number of amides is 1. The lowest BCUT2D eigenvalue weighted by Crippen LogP contribution is -2.35. The number of rotatable bonds is 1. The quantitative estimate of drug-likeness (QED) is 0.407. The minimum atomic E-state index is -1.03. The van der Waals surface area contributed by atoms with E-state index < -0.39 is 17.5 Å². The minimum Gasteiger partial charge on any atom is -0.273 e. The average molecular weight is 186 g/mol. The third-order valence-electron chi connectivity index (χ3n) is 1.52. The molecule has 1 rings (SSSR count). The number of hydrazine groups is 1. The fourth-order valence-electron chi connectivity index (χ4n) is 0.817. The van der Waals surface area contributed by atoms with Crippen molar-refractivity contribution in [3.05, 3.63) is 29.8 Å². The van der Waals surface area contributed by atoms with Gasteiger partial charge in [0, 0.05) is 13.0 Å². The van der Waals surface area contributed by atoms with Gasteiger partial charge in [0.05, 0.1) is 5.69 Å². The highest BCUT2D eigenvalue weighted by atomic mass is 19.2. The standard InChI is InChI=1S/C8H8F2N2O/c1-5(13)12(11)6-2-3-7(9)8(10)4-6/h2-4H,11H2,1H3. The maximum atomic E-state index is 12.6. The Bertz CT molecular complexity index is 341. The van der Waals surface area contributed by atoms with Crippen LogP contribution in [0.5, 0.6) is 0 Å². The summed E-state index contributed by atoms with van der Waals surface area (Å²) in [4.78, 5) is 10.7. The first kappa shape index (κ1) is 9.60. The van der Waals surface area contributed by atoms with Crippen LogP contribution in [0.4, 0.5) is 14.5 Å². The Hall–Kier alpha value is -1.49. The number of hydrogen-bond donors (Lipinski definition) is 1. The van der Waals surface area contributed by atoms with Crippen molar-refractivity contribution < 1.29 is 13.6 Å². The number of carbonyl (C=O) groups excluding carboxylic acids is 1. The van der Waals surface area contributed by atoms with E-state index in [0.29, 0.717) is 0 Å². The van der Waals surface area contributed by atoms with Crippen molar-refractivity contribution in [2.75, 3.05) is 5.01 Å². The molecule has 13 heavy (non-hydrogen) atoms. The minimum absolute atomic E-state index is 0.117. The lowest BCUT2D eigenvalue weighted by Gasteiger charge is -2.13. The van der Waals surface area contributed by atoms with E-state index in [1.54, 1.807) is 0 Å². The number of anilines is 1. The van der Waals surface area contributed by atoms with Crippen molar-refractivity contribution in [1.29, 1.82) is 0 Å². The van der Waals surface area contributed by atoms with Crippen LogP contribution in [0.3, 0.4) is 0 Å². The van der Waals surface area contributed by atoms with Gasteiger partial charge in [0.1, 0.15) is 0 Å². The van der Waals surface area contributed by atoms with Crippen LogP contribution >= 0.6 is 0 Å². The Balaban J connectivity index is 3.03. The highest BCUT2D eigenvalue weighted by Gasteiger charge is 2.09. The largest absolute Gasteiger partial charge is 0.273 e. The van der Waals surface area contributed by atoms with E-state index in [1.807, 2.05) is 0 Å². The van der Waals surface area contributed by atoms with Gasteiger partial charge < -0.3 is 0 Å². The van der Waals surface area contributed by atoms with Gasteiger partial charge in [-0.05, 0) is 12.1 Å². The zero-order chi connectivity index (χ0) is 10.0. The summed E-state index contributed by atoms with van der Waals surface area (Å²) in [7, 11) is 0. The number of benzene rings is 1. The smallest absolute Gasteiger partial charge is 0.238 e. The summed E-state index contributed by atoms with van der Waals surface area (Å²) in [6.07, 6.45) is 0. The van der Waals surface area contributed by atoms with E-state index in [9.17, 15) is 13.6 Å². The molecule has 0 saturated carbocycles. The maximum Gasteiger partial charge on any atom is 0.238 e. The maximum absolute atomic E-state index is 12.6. The van der Waals surface area contributed by atoms with Gasteiger partial charge in [0.2, 0.25) is 5.91 Å². The van der Waals surface area contributed by atoms with Gasteiger partial charge in [-0.2, -0.15) is 0 Å². The van der Waals surface area contributed by atoms with E-state index in [0.717, 1.165) is 17.1 Å². The van der Waals surface area contributed by atoms with E-state index >= 15 is 0 Å². The molecule has 0 unspecified atom stereocenters. The van der Waals surface area contributed by atoms with Crippen LogP contribution in [0.25, 0.3) is 0 Å². The van der Waals surface area contributed by atoms with Gasteiger partial charge >= 0.3 is 0 Å². The molecule has 0 aliphatic rings. The third-order valence-corrected chi connectivity index (χ3v) is 1.52. The van der Waals surface area contributed by atoms with Gasteiger partial charge in [0.15, 0.2) is 11.6 Å². The van der Waals surface area contributed by atoms with Gasteiger partial charge in [-0.1, -0.05) is 0 Å². The topological polar surface area (TPSA) is 46.3 Å². The summed E-state index contributed by atoms with van der Waals surface area (Å²) < 4.78 is 25.1. The lowest BCUT2D eigenvalue weighted by atomic mass is 10.3. The van der Waals surface area contributed by atoms with Crippen LogP contribution in [0.1, 0.15) is 6.92 Å². The molecule has 3 nitrogen and oxygen atoms in total. The molecule has 0 bridgehead atoms. The molecule has 70 valence electrons. The Labute approximate surface area is 73.7 Å². The van der Waals surface area contributed by atoms with Crippen LogP contribution < -0.4 is 10.9 Å². The van der Waals surface area contributed by atoms with Crippen LogP contribution in [-0.4, -0.2) is 5.91 Å². The summed E-state index contributed by atoms with van der Waals surface area (Å²) in [5, 5.41) is 0.739. The molecule has 0 aliphatic carbocycles. The Morgan fingerprint density at radius 3 is 2.46 bits per heavy atom. The molecular weight excluding hydrogens is 178 g/mol. The Morgan fingerprint density at radius 2 is 2.00 bits per heavy atom. The van der Waals surface area contributed by atoms with E-state index in [4.69, 9.17) is 5.84 Å². The highest BCUT2D eigenvalue weighted by Crippen LogP contribution is 2.15. The predicted octanol–water partition coefficient (Wildman–Crippen LogP) is 1.19. The van der Waals surface area contributed by atoms with Gasteiger partial charge in [-0.25, -0.2) is 19.6 Å². The number of hydrogen-bond acceptors (Lipinski definition) is 2. The van der Waals surface area contributed by atoms with Crippen molar-refractivity contribution in [3.8, 4) is 0 Å². The summed E-state index contributed by atoms with van der Waals surface area (Å²) in [5.41, 5.74) is 0.117. The fraction of sp³-hybridized carbons (Fsp3) is 0.125. The van der Waals surface area contributed by atoms with Crippen molar-refractivity contribution in [2.45, 2.75) is 6.92 Å². The molecule has 0 saturated heterocycles. The van der Waals surface area contributed by atoms with E-state index in [1.165, 1.54) is 13.0 Å².